The number of anilines is 1. The summed E-state index contributed by atoms with van der Waals surface area (Å²) >= 11 is 1.23. The van der Waals surface area contributed by atoms with Gasteiger partial charge in [-0.25, -0.2) is 9.59 Å². The zero-order valence-corrected chi connectivity index (χ0v) is 13.7. The lowest BCUT2D eigenvalue weighted by molar-refractivity contribution is 0.0607. The van der Waals surface area contributed by atoms with Crippen LogP contribution in [0.4, 0.5) is 10.5 Å². The van der Waals surface area contributed by atoms with Gasteiger partial charge in [0.2, 0.25) is 0 Å². The highest BCUT2D eigenvalue weighted by atomic mass is 32.1. The van der Waals surface area contributed by atoms with E-state index in [0.717, 1.165) is 24.3 Å². The number of amides is 2. The molecule has 0 spiro atoms. The van der Waals surface area contributed by atoms with Crippen LogP contribution in [0, 0.1) is 6.92 Å². The number of carbonyl (C=O) groups excluding carboxylic acids is 2. The van der Waals surface area contributed by atoms with Crippen LogP contribution in [0.1, 0.15) is 40.0 Å². The van der Waals surface area contributed by atoms with Gasteiger partial charge in [0.1, 0.15) is 16.3 Å². The zero-order chi connectivity index (χ0) is 16.4. The fraction of sp³-hybridized carbons (Fsp3) is 0.400. The summed E-state index contributed by atoms with van der Waals surface area (Å²) in [5.74, 6) is 0.262. The molecule has 122 valence electrons. The van der Waals surface area contributed by atoms with Crippen LogP contribution in [0.3, 0.4) is 0 Å². The van der Waals surface area contributed by atoms with E-state index in [1.54, 1.807) is 16.3 Å². The van der Waals surface area contributed by atoms with Gasteiger partial charge < -0.3 is 19.5 Å². The average molecular weight is 335 g/mol. The van der Waals surface area contributed by atoms with Crippen molar-refractivity contribution in [3.8, 4) is 0 Å². The zero-order valence-electron chi connectivity index (χ0n) is 12.9. The molecule has 1 N–H and O–H groups in total. The highest BCUT2D eigenvalue weighted by Gasteiger charge is 2.32. The number of thiophene rings is 1. The Morgan fingerprint density at radius 2 is 2.35 bits per heavy atom. The largest absolute Gasteiger partial charge is 0.465 e. The van der Waals surface area contributed by atoms with Crippen LogP contribution in [0.15, 0.2) is 22.0 Å². The summed E-state index contributed by atoms with van der Waals surface area (Å²) in [5.41, 5.74) is 1.22. The Bertz CT molecular complexity index is 724. The van der Waals surface area contributed by atoms with E-state index >= 15 is 0 Å². The first kappa shape index (κ1) is 15.5. The third-order valence-electron chi connectivity index (χ3n) is 3.78. The minimum Gasteiger partial charge on any atom is -0.465 e. The molecular weight excluding hydrogens is 318 g/mol. The van der Waals surface area contributed by atoms with Gasteiger partial charge in [0.15, 0.2) is 0 Å². The maximum absolute atomic E-state index is 12.6. The molecule has 0 bridgehead atoms. The first-order valence-corrected chi connectivity index (χ1v) is 8.14. The molecule has 7 nitrogen and oxygen atoms in total. The van der Waals surface area contributed by atoms with Gasteiger partial charge in [-0.1, -0.05) is 5.16 Å². The summed E-state index contributed by atoms with van der Waals surface area (Å²) in [5, 5.41) is 8.55. The van der Waals surface area contributed by atoms with Gasteiger partial charge in [0.25, 0.3) is 0 Å². The van der Waals surface area contributed by atoms with E-state index in [9.17, 15) is 9.59 Å². The van der Waals surface area contributed by atoms with Crippen molar-refractivity contribution in [2.45, 2.75) is 25.8 Å². The molecule has 1 aliphatic heterocycles. The minimum absolute atomic E-state index is 0.104. The lowest BCUT2D eigenvalue weighted by Gasteiger charge is -2.23. The smallest absolute Gasteiger partial charge is 0.350 e. The van der Waals surface area contributed by atoms with Crippen LogP contribution in [0.5, 0.6) is 0 Å². The number of methoxy groups -OCH3 is 1. The number of likely N-dealkylation sites (tertiary alicyclic amines) is 1. The molecule has 0 saturated carbocycles. The van der Waals surface area contributed by atoms with Crippen LogP contribution in [0.2, 0.25) is 0 Å². The molecule has 2 amide bonds. The number of nitrogens with one attached hydrogen (secondary N) is 1. The van der Waals surface area contributed by atoms with Crippen LogP contribution in [-0.4, -0.2) is 35.7 Å². The number of carbonyl (C=O) groups is 2. The van der Waals surface area contributed by atoms with Crippen LogP contribution < -0.4 is 5.32 Å². The Labute approximate surface area is 137 Å². The molecule has 2 aromatic heterocycles. The third kappa shape index (κ3) is 3.07. The van der Waals surface area contributed by atoms with Gasteiger partial charge in [0, 0.05) is 12.6 Å². The molecule has 1 saturated heterocycles. The molecule has 1 aliphatic rings. The maximum Gasteiger partial charge on any atom is 0.350 e. The Hall–Kier alpha value is -2.35. The molecule has 3 heterocycles. The molecular formula is C15H17N3O4S. The van der Waals surface area contributed by atoms with Crippen molar-refractivity contribution in [2.24, 2.45) is 0 Å². The van der Waals surface area contributed by atoms with E-state index in [1.165, 1.54) is 18.4 Å². The number of ether oxygens (including phenoxy) is 1. The third-order valence-corrected chi connectivity index (χ3v) is 4.67. The van der Waals surface area contributed by atoms with Crippen molar-refractivity contribution < 1.29 is 18.8 Å². The van der Waals surface area contributed by atoms with E-state index in [2.05, 4.69) is 10.5 Å². The van der Waals surface area contributed by atoms with Gasteiger partial charge in [-0.2, -0.15) is 0 Å². The van der Waals surface area contributed by atoms with Gasteiger partial charge in [-0.3, -0.25) is 0 Å². The lowest BCUT2D eigenvalue weighted by atomic mass is 10.1. The number of urea groups is 1. The monoisotopic (exact) mass is 335 g/mol. The van der Waals surface area contributed by atoms with Crippen LogP contribution >= 0.6 is 11.3 Å². The molecule has 23 heavy (non-hydrogen) atoms. The maximum atomic E-state index is 12.6. The molecule has 0 aliphatic carbocycles. The topological polar surface area (TPSA) is 84.7 Å². The first-order chi connectivity index (χ1) is 11.1. The SMILES string of the molecule is COC(=O)c1sccc1NC(=O)N1CCCC1c1cc(C)on1. The predicted molar refractivity (Wildman–Crippen MR) is 84.6 cm³/mol. The second kappa shape index (κ2) is 6.41. The molecule has 2 aromatic rings. The Morgan fingerprint density at radius 3 is 3.04 bits per heavy atom. The van der Waals surface area contributed by atoms with Crippen molar-refractivity contribution in [2.75, 3.05) is 19.0 Å². The van der Waals surface area contributed by atoms with Crippen LogP contribution in [0.25, 0.3) is 0 Å². The number of rotatable bonds is 3. The van der Waals surface area contributed by atoms with E-state index in [0.29, 0.717) is 17.1 Å². The quantitative estimate of drug-likeness (QED) is 0.871. The number of aromatic nitrogens is 1. The number of hydrogen-bond acceptors (Lipinski definition) is 6. The van der Waals surface area contributed by atoms with Gasteiger partial charge in [-0.05, 0) is 31.2 Å². The molecule has 0 aromatic carbocycles. The fourth-order valence-electron chi connectivity index (χ4n) is 2.71. The summed E-state index contributed by atoms with van der Waals surface area (Å²) in [7, 11) is 1.32. The number of aryl methyl sites for hydroxylation is 1. The minimum atomic E-state index is -0.458. The molecule has 1 unspecified atom stereocenters. The second-order valence-corrected chi connectivity index (χ2v) is 6.22. The summed E-state index contributed by atoms with van der Waals surface area (Å²) < 4.78 is 9.83. The van der Waals surface area contributed by atoms with E-state index in [1.807, 2.05) is 13.0 Å². The van der Waals surface area contributed by atoms with Crippen molar-refractivity contribution >= 4 is 29.0 Å². The van der Waals surface area contributed by atoms with Crippen molar-refractivity contribution in [1.82, 2.24) is 10.1 Å². The van der Waals surface area contributed by atoms with E-state index < -0.39 is 5.97 Å². The standard InChI is InChI=1S/C15H17N3O4S/c1-9-8-11(17-22-9)12-4-3-6-18(12)15(20)16-10-5-7-23-13(10)14(19)21-2/h5,7-8,12H,3-4,6H2,1-2H3,(H,16,20). The van der Waals surface area contributed by atoms with Gasteiger partial charge in [0.05, 0.1) is 18.8 Å². The second-order valence-electron chi connectivity index (χ2n) is 5.30. The summed E-state index contributed by atoms with van der Waals surface area (Å²) in [6.45, 7) is 2.46. The summed E-state index contributed by atoms with van der Waals surface area (Å²) in [6, 6.07) is 3.19. The lowest BCUT2D eigenvalue weighted by Crippen LogP contribution is -2.34. The summed E-state index contributed by atoms with van der Waals surface area (Å²) in [4.78, 5) is 26.4. The van der Waals surface area contributed by atoms with Crippen molar-refractivity contribution in [3.05, 3.63) is 33.8 Å². The van der Waals surface area contributed by atoms with E-state index in [4.69, 9.17) is 9.26 Å². The highest BCUT2D eigenvalue weighted by molar-refractivity contribution is 7.12. The Morgan fingerprint density at radius 1 is 1.52 bits per heavy atom. The predicted octanol–water partition coefficient (Wildman–Crippen LogP) is 3.20. The first-order valence-electron chi connectivity index (χ1n) is 7.27. The Kier molecular flexibility index (Phi) is 4.33. The Balaban J connectivity index is 1.75. The molecule has 8 heteroatoms. The van der Waals surface area contributed by atoms with Gasteiger partial charge in [-0.15, -0.1) is 11.3 Å². The summed E-state index contributed by atoms with van der Waals surface area (Å²) in [6.07, 6.45) is 1.74. The van der Waals surface area contributed by atoms with Crippen molar-refractivity contribution in [3.63, 3.8) is 0 Å². The molecule has 1 fully saturated rings. The number of esters is 1. The van der Waals surface area contributed by atoms with E-state index in [-0.39, 0.29) is 12.1 Å². The molecule has 3 rings (SSSR count). The highest BCUT2D eigenvalue weighted by Crippen LogP contribution is 2.32. The molecule has 0 radical (unpaired) electrons. The fourth-order valence-corrected chi connectivity index (χ4v) is 3.47. The van der Waals surface area contributed by atoms with Gasteiger partial charge >= 0.3 is 12.0 Å². The van der Waals surface area contributed by atoms with Crippen molar-refractivity contribution in [1.29, 1.82) is 0 Å². The molecule has 1 atom stereocenters. The average Bonchev–Trinajstić information content (AvgIpc) is 3.25. The number of hydrogen-bond donors (Lipinski definition) is 1. The van der Waals surface area contributed by atoms with Crippen LogP contribution in [-0.2, 0) is 4.74 Å². The number of nitrogens with zero attached hydrogens (tertiary/aromatic N) is 2. The normalized spacial score (nSPS) is 17.3.